The first-order valence-corrected chi connectivity index (χ1v) is 15.9. The van der Waals surface area contributed by atoms with Gasteiger partial charge in [0, 0.05) is 22.1 Å². The van der Waals surface area contributed by atoms with Crippen molar-refractivity contribution in [3.8, 4) is 44.9 Å². The van der Waals surface area contributed by atoms with Gasteiger partial charge in [-0.25, -0.2) is 0 Å². The Bertz CT molecular complexity index is 2390. The molecule has 45 heavy (non-hydrogen) atoms. The fourth-order valence-corrected chi connectivity index (χ4v) is 8.77. The van der Waals surface area contributed by atoms with Crippen LogP contribution in [0.1, 0.15) is 47.2 Å². The molecule has 7 aromatic carbocycles. The Hall–Kier alpha value is -5.40. The van der Waals surface area contributed by atoms with Crippen molar-refractivity contribution in [2.45, 2.75) is 24.7 Å². The molecule has 0 bridgehead atoms. The van der Waals surface area contributed by atoms with Crippen LogP contribution in [0.5, 0.6) is 11.5 Å². The van der Waals surface area contributed by atoms with Gasteiger partial charge in [-0.15, -0.1) is 0 Å². The predicted molar refractivity (Wildman–Crippen MR) is 184 cm³/mol. The smallest absolute Gasteiger partial charge is 0.139 e. The van der Waals surface area contributed by atoms with Crippen LogP contribution < -0.4 is 4.74 Å². The number of para-hydroxylation sites is 2. The normalized spacial score (nSPS) is 17.6. The lowest BCUT2D eigenvalue weighted by molar-refractivity contribution is 0.419. The summed E-state index contributed by atoms with van der Waals surface area (Å²) in [5, 5.41) is 2.60. The van der Waals surface area contributed by atoms with Gasteiger partial charge >= 0.3 is 0 Å². The minimum atomic E-state index is -0.367. The van der Waals surface area contributed by atoms with Crippen molar-refractivity contribution in [1.82, 2.24) is 0 Å². The summed E-state index contributed by atoms with van der Waals surface area (Å²) < 4.78 is 6.71. The Kier molecular flexibility index (Phi) is 4.78. The van der Waals surface area contributed by atoms with Crippen LogP contribution in [-0.4, -0.2) is 0 Å². The lowest BCUT2D eigenvalue weighted by Gasteiger charge is -2.35. The van der Waals surface area contributed by atoms with E-state index in [1.54, 1.807) is 0 Å². The molecule has 0 radical (unpaired) electrons. The minimum Gasteiger partial charge on any atom is -0.456 e. The van der Waals surface area contributed by atoms with Gasteiger partial charge < -0.3 is 4.74 Å². The average molecular weight is 575 g/mol. The van der Waals surface area contributed by atoms with Crippen molar-refractivity contribution in [1.29, 1.82) is 0 Å². The second-order valence-electron chi connectivity index (χ2n) is 13.2. The molecular weight excluding hydrogens is 544 g/mol. The molecule has 1 heteroatoms. The highest BCUT2D eigenvalue weighted by atomic mass is 16.5. The third-order valence-electron chi connectivity index (χ3n) is 10.8. The summed E-state index contributed by atoms with van der Waals surface area (Å²) in [4.78, 5) is 0. The second kappa shape index (κ2) is 8.61. The third kappa shape index (κ3) is 3.03. The number of fused-ring (bicyclic) bond motifs is 14. The van der Waals surface area contributed by atoms with Crippen molar-refractivity contribution in [3.63, 3.8) is 0 Å². The molecular formula is C44H30O. The lowest BCUT2D eigenvalue weighted by Crippen LogP contribution is -2.25. The maximum Gasteiger partial charge on any atom is 0.139 e. The number of benzene rings is 7. The summed E-state index contributed by atoms with van der Waals surface area (Å²) in [5.74, 6) is 1.91. The molecule has 0 aromatic heterocycles. The molecule has 3 aliphatic rings. The highest BCUT2D eigenvalue weighted by Crippen LogP contribution is 2.64. The zero-order valence-corrected chi connectivity index (χ0v) is 25.3. The van der Waals surface area contributed by atoms with E-state index in [-0.39, 0.29) is 10.8 Å². The molecule has 1 atom stereocenters. The van der Waals surface area contributed by atoms with Gasteiger partial charge in [-0.3, -0.25) is 0 Å². The van der Waals surface area contributed by atoms with Crippen molar-refractivity contribution in [2.24, 2.45) is 0 Å². The van der Waals surface area contributed by atoms with Crippen LogP contribution in [0.4, 0.5) is 0 Å². The van der Waals surface area contributed by atoms with Gasteiger partial charge in [0.1, 0.15) is 11.5 Å². The standard InChI is InChI=1S/C44H30O/c1-43(2)37-19-9-10-21-40(37)45-42-30(16-11-20-39(42)43)28-23-24-36-33(26-28)31-14-5-7-17-34(31)44(36)35-18-8-6-15-32(35)41-29-13-4-3-12-27(29)22-25-38(41)44/h3-26H,1-2H3. The van der Waals surface area contributed by atoms with Crippen LogP contribution in [0, 0.1) is 0 Å². The number of hydrogen-bond acceptors (Lipinski definition) is 1. The first-order valence-electron chi connectivity index (χ1n) is 15.9. The van der Waals surface area contributed by atoms with E-state index in [2.05, 4.69) is 159 Å². The van der Waals surface area contributed by atoms with Crippen LogP contribution in [0.15, 0.2) is 146 Å². The van der Waals surface area contributed by atoms with E-state index in [9.17, 15) is 0 Å². The number of ether oxygens (including phenoxy) is 1. The molecule has 2 aliphatic carbocycles. The van der Waals surface area contributed by atoms with Crippen LogP contribution >= 0.6 is 0 Å². The van der Waals surface area contributed by atoms with Gasteiger partial charge in [0.15, 0.2) is 0 Å². The van der Waals surface area contributed by atoms with Gasteiger partial charge in [-0.05, 0) is 73.0 Å². The second-order valence-corrected chi connectivity index (χ2v) is 13.2. The molecule has 0 fully saturated rings. The van der Waals surface area contributed by atoms with Crippen LogP contribution in [0.2, 0.25) is 0 Å². The third-order valence-corrected chi connectivity index (χ3v) is 10.8. The van der Waals surface area contributed by atoms with Gasteiger partial charge in [0.05, 0.1) is 5.41 Å². The molecule has 0 saturated carbocycles. The average Bonchev–Trinajstić information content (AvgIpc) is 3.55. The van der Waals surface area contributed by atoms with Crippen LogP contribution in [0.25, 0.3) is 44.2 Å². The Balaban J connectivity index is 1.24. The lowest BCUT2D eigenvalue weighted by atomic mass is 9.70. The summed E-state index contributed by atoms with van der Waals surface area (Å²) in [6.07, 6.45) is 0. The highest BCUT2D eigenvalue weighted by molar-refractivity contribution is 6.06. The highest BCUT2D eigenvalue weighted by Gasteiger charge is 2.52. The van der Waals surface area contributed by atoms with Crippen molar-refractivity contribution in [2.75, 3.05) is 0 Å². The van der Waals surface area contributed by atoms with Crippen molar-refractivity contribution in [3.05, 3.63) is 179 Å². The van der Waals surface area contributed by atoms with E-state index in [0.717, 1.165) is 17.1 Å². The Morgan fingerprint density at radius 2 is 1.07 bits per heavy atom. The largest absolute Gasteiger partial charge is 0.456 e. The molecule has 10 rings (SSSR count). The Labute approximate surface area is 263 Å². The Morgan fingerprint density at radius 1 is 0.444 bits per heavy atom. The molecule has 1 nitrogen and oxygen atoms in total. The molecule has 0 N–H and O–H groups in total. The fourth-order valence-electron chi connectivity index (χ4n) is 8.77. The molecule has 1 aliphatic heterocycles. The molecule has 1 spiro atoms. The molecule has 0 saturated heterocycles. The van der Waals surface area contributed by atoms with Crippen LogP contribution in [0.3, 0.4) is 0 Å². The van der Waals surface area contributed by atoms with Gasteiger partial charge in [0.25, 0.3) is 0 Å². The first kappa shape index (κ1) is 25.0. The first-order chi connectivity index (χ1) is 22.1. The summed E-state index contributed by atoms with van der Waals surface area (Å²) in [7, 11) is 0. The minimum absolute atomic E-state index is 0.159. The monoisotopic (exact) mass is 574 g/mol. The molecule has 1 unspecified atom stereocenters. The van der Waals surface area contributed by atoms with E-state index in [1.165, 1.54) is 72.0 Å². The fraction of sp³-hybridized carbons (Fsp3) is 0.0909. The van der Waals surface area contributed by atoms with E-state index in [1.807, 2.05) is 0 Å². The summed E-state index contributed by atoms with van der Waals surface area (Å²) in [6, 6.07) is 53.8. The topological polar surface area (TPSA) is 9.23 Å². The molecule has 0 amide bonds. The number of rotatable bonds is 1. The van der Waals surface area contributed by atoms with Gasteiger partial charge in [-0.1, -0.05) is 147 Å². The number of hydrogen-bond donors (Lipinski definition) is 0. The molecule has 212 valence electrons. The van der Waals surface area contributed by atoms with E-state index in [0.29, 0.717) is 0 Å². The Morgan fingerprint density at radius 3 is 1.93 bits per heavy atom. The summed E-state index contributed by atoms with van der Waals surface area (Å²) in [5.41, 5.74) is 15.0. The maximum atomic E-state index is 6.71. The SMILES string of the molecule is CC1(C)c2ccccc2Oc2c(-c3ccc4c(c3)-c3ccccc3C43c4ccccc4-c4c3ccc3ccccc43)cccc21. The van der Waals surface area contributed by atoms with Crippen LogP contribution in [-0.2, 0) is 10.8 Å². The summed E-state index contributed by atoms with van der Waals surface area (Å²) >= 11 is 0. The quantitative estimate of drug-likeness (QED) is 0.189. The van der Waals surface area contributed by atoms with Crippen molar-refractivity contribution < 1.29 is 4.74 Å². The van der Waals surface area contributed by atoms with E-state index in [4.69, 9.17) is 4.74 Å². The zero-order chi connectivity index (χ0) is 29.9. The predicted octanol–water partition coefficient (Wildman–Crippen LogP) is 11.3. The van der Waals surface area contributed by atoms with Crippen molar-refractivity contribution >= 4 is 10.8 Å². The zero-order valence-electron chi connectivity index (χ0n) is 25.3. The molecule has 1 heterocycles. The molecule has 7 aromatic rings. The maximum absolute atomic E-state index is 6.71. The van der Waals surface area contributed by atoms with E-state index >= 15 is 0 Å². The van der Waals surface area contributed by atoms with E-state index < -0.39 is 0 Å². The van der Waals surface area contributed by atoms with Gasteiger partial charge in [0.2, 0.25) is 0 Å². The van der Waals surface area contributed by atoms with Gasteiger partial charge in [-0.2, -0.15) is 0 Å². The summed E-state index contributed by atoms with van der Waals surface area (Å²) in [6.45, 7) is 4.61.